The van der Waals surface area contributed by atoms with Gasteiger partial charge in [0, 0.05) is 66.9 Å². The van der Waals surface area contributed by atoms with Gasteiger partial charge in [-0.3, -0.25) is 4.98 Å². The van der Waals surface area contributed by atoms with Crippen LogP contribution in [0.1, 0.15) is 24.1 Å². The molecular weight excluding hydrogens is 472 g/mol. The van der Waals surface area contributed by atoms with Crippen LogP contribution in [0.3, 0.4) is 0 Å². The number of azo groups is 1. The maximum atomic E-state index is 5.90. The third-order valence-electron chi connectivity index (χ3n) is 6.60. The van der Waals surface area contributed by atoms with Gasteiger partial charge in [-0.15, -0.1) is 5.11 Å². The Kier molecular flexibility index (Phi) is 6.70. The van der Waals surface area contributed by atoms with Crippen molar-refractivity contribution in [2.75, 3.05) is 37.8 Å². The topological polar surface area (TPSA) is 123 Å². The van der Waals surface area contributed by atoms with Crippen molar-refractivity contribution < 1.29 is 14.2 Å². The van der Waals surface area contributed by atoms with E-state index < -0.39 is 5.79 Å². The lowest BCUT2D eigenvalue weighted by Crippen LogP contribution is -2.45. The van der Waals surface area contributed by atoms with E-state index in [-0.39, 0.29) is 12.0 Å². The van der Waals surface area contributed by atoms with E-state index >= 15 is 0 Å². The third kappa shape index (κ3) is 5.42. The highest BCUT2D eigenvalue weighted by molar-refractivity contribution is 5.82. The summed E-state index contributed by atoms with van der Waals surface area (Å²) in [5.41, 5.74) is 3.06. The molecule has 2 aliphatic heterocycles. The lowest BCUT2D eigenvalue weighted by molar-refractivity contribution is -0.169. The zero-order valence-electron chi connectivity index (χ0n) is 20.4. The number of rotatable bonds is 8. The van der Waals surface area contributed by atoms with Crippen LogP contribution >= 0.6 is 0 Å². The molecule has 0 amide bonds. The number of para-hydroxylation sites is 1. The zero-order chi connectivity index (χ0) is 24.9. The van der Waals surface area contributed by atoms with Gasteiger partial charge in [0.25, 0.3) is 5.95 Å². The molecule has 0 unspecified atom stereocenters. The van der Waals surface area contributed by atoms with Crippen molar-refractivity contribution in [1.29, 1.82) is 0 Å². The van der Waals surface area contributed by atoms with Gasteiger partial charge in [0.1, 0.15) is 0 Å². The molecule has 1 spiro atoms. The third-order valence-corrected chi connectivity index (χ3v) is 6.60. The lowest BCUT2D eigenvalue weighted by atomic mass is 10.0. The average molecular weight is 501 g/mol. The molecule has 1 N–H and O–H groups in total. The summed E-state index contributed by atoms with van der Waals surface area (Å²) in [6, 6.07) is 14.1. The van der Waals surface area contributed by atoms with Gasteiger partial charge < -0.3 is 24.1 Å². The van der Waals surface area contributed by atoms with E-state index in [1.54, 1.807) is 6.20 Å². The lowest BCUT2D eigenvalue weighted by Gasteiger charge is -2.37. The molecule has 11 heteroatoms. The number of pyridine rings is 1. The second-order valence-electron chi connectivity index (χ2n) is 8.99. The highest BCUT2D eigenvalue weighted by atomic mass is 16.7. The molecular formula is C26H28N8O3. The Bertz CT molecular complexity index is 1360. The molecule has 0 radical (unpaired) electrons. The van der Waals surface area contributed by atoms with E-state index in [4.69, 9.17) is 14.2 Å². The number of aromatic nitrogens is 5. The van der Waals surface area contributed by atoms with Crippen LogP contribution in [0, 0.1) is 0 Å². The summed E-state index contributed by atoms with van der Waals surface area (Å²) in [4.78, 5) is 23.2. The van der Waals surface area contributed by atoms with Crippen LogP contribution < -0.4 is 9.64 Å². The highest BCUT2D eigenvalue weighted by Gasteiger charge is 2.40. The van der Waals surface area contributed by atoms with Gasteiger partial charge in [-0.25, -0.2) is 0 Å². The molecule has 0 bridgehead atoms. The standard InChI is InChI=1S/C26H28N8O3/c1-2-7-22-21(6-1)19(17-28-22)18-29-33-23-30-24(34-12-9-26(10-13-34)36-15-16-37-26)32-25(31-23)35-14-8-20-5-3-4-11-27-20/h1-7,11,17,28H,8-10,12-16,18H2. The Labute approximate surface area is 214 Å². The molecule has 5 heterocycles. The van der Waals surface area contributed by atoms with Crippen molar-refractivity contribution in [3.63, 3.8) is 0 Å². The number of H-pyrrole nitrogens is 1. The van der Waals surface area contributed by atoms with Crippen molar-refractivity contribution in [2.45, 2.75) is 31.6 Å². The summed E-state index contributed by atoms with van der Waals surface area (Å²) in [5.74, 6) is 0.246. The van der Waals surface area contributed by atoms with Gasteiger partial charge in [-0.2, -0.15) is 20.1 Å². The summed E-state index contributed by atoms with van der Waals surface area (Å²) < 4.78 is 17.6. The minimum Gasteiger partial charge on any atom is -0.463 e. The Morgan fingerprint density at radius 2 is 1.84 bits per heavy atom. The average Bonchev–Trinajstić information content (AvgIpc) is 3.57. The van der Waals surface area contributed by atoms with E-state index in [0.29, 0.717) is 51.8 Å². The Morgan fingerprint density at radius 1 is 1.00 bits per heavy atom. The highest BCUT2D eigenvalue weighted by Crippen LogP contribution is 2.33. The number of hydrogen-bond acceptors (Lipinski definition) is 10. The van der Waals surface area contributed by atoms with Crippen LogP contribution in [0.4, 0.5) is 11.9 Å². The Balaban J connectivity index is 1.18. The van der Waals surface area contributed by atoms with Gasteiger partial charge in [-0.05, 0) is 18.2 Å². The van der Waals surface area contributed by atoms with Crippen molar-refractivity contribution in [3.05, 3.63) is 66.1 Å². The normalized spacial score (nSPS) is 17.2. The van der Waals surface area contributed by atoms with Crippen LogP contribution in [0.15, 0.2) is 65.1 Å². The molecule has 1 aromatic carbocycles. The minimum absolute atomic E-state index is 0.214. The smallest absolute Gasteiger partial charge is 0.323 e. The van der Waals surface area contributed by atoms with Gasteiger partial charge in [0.2, 0.25) is 5.95 Å². The van der Waals surface area contributed by atoms with Gasteiger partial charge in [0.15, 0.2) is 5.79 Å². The van der Waals surface area contributed by atoms with E-state index in [1.165, 1.54) is 0 Å². The fourth-order valence-corrected chi connectivity index (χ4v) is 4.65. The summed E-state index contributed by atoms with van der Waals surface area (Å²) >= 11 is 0. The number of anilines is 1. The van der Waals surface area contributed by atoms with Gasteiger partial charge in [-0.1, -0.05) is 24.3 Å². The first-order chi connectivity index (χ1) is 18.3. The van der Waals surface area contributed by atoms with E-state index in [1.807, 2.05) is 42.6 Å². The summed E-state index contributed by atoms with van der Waals surface area (Å²) in [6.07, 6.45) is 5.84. The number of aromatic amines is 1. The quantitative estimate of drug-likeness (QED) is 0.360. The first kappa shape index (κ1) is 23.4. The van der Waals surface area contributed by atoms with Gasteiger partial charge in [0.05, 0.1) is 26.4 Å². The molecule has 2 fully saturated rings. The molecule has 37 heavy (non-hydrogen) atoms. The second-order valence-corrected chi connectivity index (χ2v) is 8.99. The van der Waals surface area contributed by atoms with Crippen LogP contribution in [-0.4, -0.2) is 63.6 Å². The van der Waals surface area contributed by atoms with E-state index in [2.05, 4.69) is 46.1 Å². The molecule has 2 aliphatic rings. The number of benzene rings is 1. The fourth-order valence-electron chi connectivity index (χ4n) is 4.65. The number of nitrogens with zero attached hydrogens (tertiary/aromatic N) is 7. The fraction of sp³-hybridized carbons (Fsp3) is 0.385. The van der Waals surface area contributed by atoms with Gasteiger partial charge >= 0.3 is 6.01 Å². The Morgan fingerprint density at radius 3 is 2.68 bits per heavy atom. The first-order valence-electron chi connectivity index (χ1n) is 12.5. The molecule has 190 valence electrons. The first-order valence-corrected chi connectivity index (χ1v) is 12.5. The SMILES string of the molecule is c1ccc(CCOc2nc(N=NCc3c[nH]c4ccccc34)nc(N3CCC4(CC3)OCCO4)n2)nc1. The molecule has 0 aliphatic carbocycles. The summed E-state index contributed by atoms with van der Waals surface area (Å²) in [7, 11) is 0. The molecule has 0 saturated carbocycles. The number of piperidine rings is 1. The maximum Gasteiger partial charge on any atom is 0.323 e. The van der Waals surface area contributed by atoms with Crippen LogP contribution in [0.25, 0.3) is 10.9 Å². The summed E-state index contributed by atoms with van der Waals surface area (Å²) in [6.45, 7) is 3.47. The van der Waals surface area contributed by atoms with Crippen molar-refractivity contribution in [1.82, 2.24) is 24.9 Å². The number of fused-ring (bicyclic) bond motifs is 1. The minimum atomic E-state index is -0.479. The van der Waals surface area contributed by atoms with E-state index in [0.717, 1.165) is 35.0 Å². The molecule has 0 atom stereocenters. The number of hydrogen-bond donors (Lipinski definition) is 1. The van der Waals surface area contributed by atoms with Crippen molar-refractivity contribution >= 4 is 22.8 Å². The van der Waals surface area contributed by atoms with Crippen LogP contribution in [-0.2, 0) is 22.4 Å². The molecule has 11 nitrogen and oxygen atoms in total. The number of ether oxygens (including phenoxy) is 3. The molecule has 2 saturated heterocycles. The van der Waals surface area contributed by atoms with E-state index in [9.17, 15) is 0 Å². The van der Waals surface area contributed by atoms with Crippen molar-refractivity contribution in [3.8, 4) is 6.01 Å². The molecule has 4 aromatic rings. The predicted molar refractivity (Wildman–Crippen MR) is 136 cm³/mol. The predicted octanol–water partition coefficient (Wildman–Crippen LogP) is 4.00. The Hall–Kier alpha value is -3.96. The number of nitrogens with one attached hydrogen (secondary N) is 1. The molecule has 3 aromatic heterocycles. The monoisotopic (exact) mass is 500 g/mol. The van der Waals surface area contributed by atoms with Crippen LogP contribution in [0.2, 0.25) is 0 Å². The maximum absolute atomic E-state index is 5.90. The molecule has 6 rings (SSSR count). The largest absolute Gasteiger partial charge is 0.463 e. The second kappa shape index (κ2) is 10.6. The van der Waals surface area contributed by atoms with Crippen LogP contribution in [0.5, 0.6) is 6.01 Å². The zero-order valence-corrected chi connectivity index (χ0v) is 20.4. The summed E-state index contributed by atoms with van der Waals surface area (Å²) in [5, 5.41) is 9.82. The van der Waals surface area contributed by atoms with Crippen molar-refractivity contribution in [2.24, 2.45) is 10.2 Å².